The van der Waals surface area contributed by atoms with Crippen molar-refractivity contribution in [2.24, 2.45) is 0 Å². The second-order valence-electron chi connectivity index (χ2n) is 3.78. The largest absolute Gasteiger partial charge is 0.382 e. The molecule has 4 nitrogen and oxygen atoms in total. The molecule has 0 unspecified atom stereocenters. The molecule has 82 valence electrons. The van der Waals surface area contributed by atoms with Crippen molar-refractivity contribution < 1.29 is 8.42 Å². The van der Waals surface area contributed by atoms with Gasteiger partial charge < -0.3 is 5.32 Å². The van der Waals surface area contributed by atoms with Crippen molar-refractivity contribution in [3.05, 3.63) is 23.8 Å². The van der Waals surface area contributed by atoms with Gasteiger partial charge in [0.25, 0.3) is 0 Å². The van der Waals surface area contributed by atoms with E-state index in [1.54, 1.807) is 12.1 Å². The van der Waals surface area contributed by atoms with Crippen molar-refractivity contribution in [1.82, 2.24) is 4.72 Å². The third kappa shape index (κ3) is 1.85. The summed E-state index contributed by atoms with van der Waals surface area (Å²) in [6.07, 6.45) is 0.877. The first-order valence-corrected chi connectivity index (χ1v) is 6.34. The first-order valence-electron chi connectivity index (χ1n) is 4.86. The summed E-state index contributed by atoms with van der Waals surface area (Å²) in [4.78, 5) is 0.333. The molecule has 1 aliphatic heterocycles. The lowest BCUT2D eigenvalue weighted by Gasteiger charge is -2.05. The molecule has 0 aliphatic carbocycles. The molecule has 0 radical (unpaired) electrons. The summed E-state index contributed by atoms with van der Waals surface area (Å²) in [7, 11) is -1.89. The van der Waals surface area contributed by atoms with Crippen LogP contribution in [0.5, 0.6) is 0 Å². The SMILES string of the molecule is CNS(=O)(=O)c1ccc2c(c1)C[C@@H](C)N2. The van der Waals surface area contributed by atoms with Crippen LogP contribution in [0.15, 0.2) is 23.1 Å². The Morgan fingerprint density at radius 2 is 2.20 bits per heavy atom. The van der Waals surface area contributed by atoms with E-state index in [2.05, 4.69) is 17.0 Å². The Balaban J connectivity index is 2.44. The van der Waals surface area contributed by atoms with Crippen LogP contribution in [0, 0.1) is 0 Å². The van der Waals surface area contributed by atoms with Crippen LogP contribution in [0.4, 0.5) is 5.69 Å². The summed E-state index contributed by atoms with van der Waals surface area (Å²) in [6, 6.07) is 5.56. The second kappa shape index (κ2) is 3.50. The molecular weight excluding hydrogens is 212 g/mol. The van der Waals surface area contributed by atoms with E-state index in [-0.39, 0.29) is 0 Å². The van der Waals surface area contributed by atoms with Crippen LogP contribution in [-0.2, 0) is 16.4 Å². The molecule has 15 heavy (non-hydrogen) atoms. The van der Waals surface area contributed by atoms with Crippen LogP contribution in [0.2, 0.25) is 0 Å². The Bertz CT molecular complexity index is 482. The molecule has 1 aromatic rings. The lowest BCUT2D eigenvalue weighted by atomic mass is 10.1. The number of benzene rings is 1. The highest BCUT2D eigenvalue weighted by Gasteiger charge is 2.19. The third-order valence-electron chi connectivity index (χ3n) is 2.58. The molecule has 0 saturated heterocycles. The number of rotatable bonds is 2. The van der Waals surface area contributed by atoms with Gasteiger partial charge >= 0.3 is 0 Å². The molecule has 0 spiro atoms. The zero-order valence-electron chi connectivity index (χ0n) is 8.74. The molecule has 0 amide bonds. The van der Waals surface area contributed by atoms with Gasteiger partial charge in [-0.25, -0.2) is 13.1 Å². The first kappa shape index (κ1) is 10.4. The molecule has 0 bridgehead atoms. The summed E-state index contributed by atoms with van der Waals surface area (Å²) >= 11 is 0. The Hall–Kier alpha value is -1.07. The molecule has 1 aliphatic rings. The zero-order valence-corrected chi connectivity index (χ0v) is 9.56. The highest BCUT2D eigenvalue weighted by atomic mass is 32.2. The van der Waals surface area contributed by atoms with Crippen molar-refractivity contribution in [2.45, 2.75) is 24.3 Å². The Morgan fingerprint density at radius 3 is 2.87 bits per heavy atom. The van der Waals surface area contributed by atoms with Crippen LogP contribution in [0.3, 0.4) is 0 Å². The lowest BCUT2D eigenvalue weighted by molar-refractivity contribution is 0.588. The minimum atomic E-state index is -3.32. The average Bonchev–Trinajstić information content (AvgIpc) is 2.56. The number of sulfonamides is 1. The molecule has 1 atom stereocenters. The number of nitrogens with one attached hydrogen (secondary N) is 2. The van der Waals surface area contributed by atoms with Crippen molar-refractivity contribution in [1.29, 1.82) is 0 Å². The molecule has 0 aromatic heterocycles. The zero-order chi connectivity index (χ0) is 11.1. The third-order valence-corrected chi connectivity index (χ3v) is 4.00. The minimum absolute atomic E-state index is 0.333. The van der Waals surface area contributed by atoms with Crippen LogP contribution in [-0.4, -0.2) is 21.5 Å². The van der Waals surface area contributed by atoms with Gasteiger partial charge in [0.1, 0.15) is 0 Å². The molecule has 2 N–H and O–H groups in total. The summed E-state index contributed by atoms with van der Waals surface area (Å²) in [6.45, 7) is 2.08. The van der Waals surface area contributed by atoms with Gasteiger partial charge in [0.2, 0.25) is 10.0 Å². The van der Waals surface area contributed by atoms with E-state index in [0.717, 1.165) is 17.7 Å². The Morgan fingerprint density at radius 1 is 1.47 bits per heavy atom. The Kier molecular flexibility index (Phi) is 2.44. The fraction of sp³-hybridized carbons (Fsp3) is 0.400. The maximum atomic E-state index is 11.6. The van der Waals surface area contributed by atoms with Crippen molar-refractivity contribution >= 4 is 15.7 Å². The van der Waals surface area contributed by atoms with Gasteiger partial charge in [0, 0.05) is 11.7 Å². The normalized spacial score (nSPS) is 19.7. The summed E-state index contributed by atoms with van der Waals surface area (Å²) < 4.78 is 25.4. The van der Waals surface area contributed by atoms with E-state index in [1.807, 2.05) is 6.07 Å². The van der Waals surface area contributed by atoms with Crippen LogP contribution >= 0.6 is 0 Å². The molecule has 2 rings (SSSR count). The fourth-order valence-corrected chi connectivity index (χ4v) is 2.59. The van der Waals surface area contributed by atoms with Gasteiger partial charge in [0.15, 0.2) is 0 Å². The van der Waals surface area contributed by atoms with Crippen LogP contribution in [0.25, 0.3) is 0 Å². The number of hydrogen-bond donors (Lipinski definition) is 2. The van der Waals surface area contributed by atoms with Crippen LogP contribution < -0.4 is 10.0 Å². The van der Waals surface area contributed by atoms with E-state index in [4.69, 9.17) is 0 Å². The van der Waals surface area contributed by atoms with Crippen molar-refractivity contribution in [3.63, 3.8) is 0 Å². The van der Waals surface area contributed by atoms with Crippen molar-refractivity contribution in [2.75, 3.05) is 12.4 Å². The maximum absolute atomic E-state index is 11.6. The molecular formula is C10H14N2O2S. The molecule has 0 saturated carbocycles. The fourth-order valence-electron chi connectivity index (χ4n) is 1.81. The maximum Gasteiger partial charge on any atom is 0.240 e. The van der Waals surface area contributed by atoms with Gasteiger partial charge in [-0.05, 0) is 44.2 Å². The predicted molar refractivity (Wildman–Crippen MR) is 59.5 cm³/mol. The van der Waals surface area contributed by atoms with E-state index < -0.39 is 10.0 Å². The van der Waals surface area contributed by atoms with Crippen molar-refractivity contribution in [3.8, 4) is 0 Å². The topological polar surface area (TPSA) is 58.2 Å². The average molecular weight is 226 g/mol. The number of fused-ring (bicyclic) bond motifs is 1. The predicted octanol–water partition coefficient (Wildman–Crippen LogP) is 0.951. The standard InChI is InChI=1S/C10H14N2O2S/c1-7-5-8-6-9(15(13,14)11-2)3-4-10(8)12-7/h3-4,6-7,11-12H,5H2,1-2H3/t7-/m1/s1. The van der Waals surface area contributed by atoms with E-state index in [0.29, 0.717) is 10.9 Å². The van der Waals surface area contributed by atoms with Gasteiger partial charge in [-0.3, -0.25) is 0 Å². The summed E-state index contributed by atoms with van der Waals surface area (Å²) in [5.74, 6) is 0. The monoisotopic (exact) mass is 226 g/mol. The van der Waals surface area contributed by atoms with Gasteiger partial charge in [-0.2, -0.15) is 0 Å². The quantitative estimate of drug-likeness (QED) is 0.789. The molecule has 1 heterocycles. The Labute approximate surface area is 89.7 Å². The summed E-state index contributed by atoms with van der Waals surface area (Å²) in [5.41, 5.74) is 2.11. The highest BCUT2D eigenvalue weighted by Crippen LogP contribution is 2.27. The van der Waals surface area contributed by atoms with Gasteiger partial charge in [0.05, 0.1) is 4.90 Å². The molecule has 5 heteroatoms. The van der Waals surface area contributed by atoms with E-state index in [1.165, 1.54) is 7.05 Å². The first-order chi connectivity index (χ1) is 7.03. The summed E-state index contributed by atoms with van der Waals surface area (Å²) in [5, 5.41) is 3.28. The molecule has 1 aromatic carbocycles. The second-order valence-corrected chi connectivity index (χ2v) is 5.66. The van der Waals surface area contributed by atoms with Gasteiger partial charge in [-0.15, -0.1) is 0 Å². The number of hydrogen-bond acceptors (Lipinski definition) is 3. The van der Waals surface area contributed by atoms with E-state index >= 15 is 0 Å². The van der Waals surface area contributed by atoms with Crippen LogP contribution in [0.1, 0.15) is 12.5 Å². The van der Waals surface area contributed by atoms with E-state index in [9.17, 15) is 8.42 Å². The highest BCUT2D eigenvalue weighted by molar-refractivity contribution is 7.89. The number of anilines is 1. The minimum Gasteiger partial charge on any atom is -0.382 e. The molecule has 0 fully saturated rings. The smallest absolute Gasteiger partial charge is 0.240 e. The lowest BCUT2D eigenvalue weighted by Crippen LogP contribution is -2.18. The van der Waals surface area contributed by atoms with Gasteiger partial charge in [-0.1, -0.05) is 0 Å².